The van der Waals surface area contributed by atoms with E-state index in [0.717, 1.165) is 10.9 Å². The maximum absolute atomic E-state index is 10.8. The fourth-order valence-electron chi connectivity index (χ4n) is 1.96. The Morgan fingerprint density at radius 3 is 2.41 bits per heavy atom. The van der Waals surface area contributed by atoms with E-state index < -0.39 is 11.7 Å². The van der Waals surface area contributed by atoms with Crippen LogP contribution in [0, 0.1) is 0 Å². The molecule has 17 heavy (non-hydrogen) atoms. The maximum atomic E-state index is 10.8. The van der Waals surface area contributed by atoms with E-state index in [-0.39, 0.29) is 0 Å². The zero-order valence-electron chi connectivity index (χ0n) is 10.4. The van der Waals surface area contributed by atoms with Gasteiger partial charge in [-0.05, 0) is 43.9 Å². The highest BCUT2D eigenvalue weighted by atomic mass is 79.9. The second kappa shape index (κ2) is 5.54. The van der Waals surface area contributed by atoms with Crippen molar-refractivity contribution in [2.45, 2.75) is 38.7 Å². The first-order valence-corrected chi connectivity index (χ1v) is 6.33. The maximum Gasteiger partial charge on any atom is 0.405 e. The standard InChI is InChI=1S/C13H18BrNO2/c1-9(8-13(2,3)17-12(15)16)10-4-6-11(14)7-5-10/h4-7,9H,8H2,1-3H3,(H2,15,16). The molecule has 4 heteroatoms. The Balaban J connectivity index is 2.68. The molecule has 0 spiro atoms. The number of hydrogen-bond donors (Lipinski definition) is 1. The van der Waals surface area contributed by atoms with Crippen molar-refractivity contribution in [3.05, 3.63) is 34.3 Å². The molecule has 2 N–H and O–H groups in total. The van der Waals surface area contributed by atoms with Crippen LogP contribution in [0.15, 0.2) is 28.7 Å². The predicted molar refractivity (Wildman–Crippen MR) is 71.9 cm³/mol. The van der Waals surface area contributed by atoms with Gasteiger partial charge in [0.25, 0.3) is 0 Å². The number of rotatable bonds is 4. The lowest BCUT2D eigenvalue weighted by Crippen LogP contribution is -2.32. The molecule has 1 atom stereocenters. The van der Waals surface area contributed by atoms with E-state index in [4.69, 9.17) is 10.5 Å². The van der Waals surface area contributed by atoms with Crippen LogP contribution in [-0.4, -0.2) is 11.7 Å². The van der Waals surface area contributed by atoms with Crippen LogP contribution in [0.2, 0.25) is 0 Å². The summed E-state index contributed by atoms with van der Waals surface area (Å²) in [7, 11) is 0. The van der Waals surface area contributed by atoms with Crippen molar-refractivity contribution in [3.8, 4) is 0 Å². The Morgan fingerprint density at radius 2 is 1.94 bits per heavy atom. The first kappa shape index (κ1) is 14.0. The lowest BCUT2D eigenvalue weighted by atomic mass is 9.89. The topological polar surface area (TPSA) is 52.3 Å². The van der Waals surface area contributed by atoms with Gasteiger partial charge in [0.15, 0.2) is 0 Å². The first-order valence-electron chi connectivity index (χ1n) is 5.54. The van der Waals surface area contributed by atoms with Gasteiger partial charge in [-0.2, -0.15) is 0 Å². The van der Waals surface area contributed by atoms with E-state index in [9.17, 15) is 4.79 Å². The highest BCUT2D eigenvalue weighted by molar-refractivity contribution is 9.10. The number of halogens is 1. The lowest BCUT2D eigenvalue weighted by Gasteiger charge is -2.27. The molecule has 3 nitrogen and oxygen atoms in total. The Morgan fingerprint density at radius 1 is 1.41 bits per heavy atom. The summed E-state index contributed by atoms with van der Waals surface area (Å²) in [4.78, 5) is 10.8. The van der Waals surface area contributed by atoms with Gasteiger partial charge in [-0.1, -0.05) is 35.0 Å². The number of carbonyl (C=O) groups is 1. The normalized spacial score (nSPS) is 13.2. The fraction of sp³-hybridized carbons (Fsp3) is 0.462. The van der Waals surface area contributed by atoms with Gasteiger partial charge in [0.1, 0.15) is 5.60 Å². The van der Waals surface area contributed by atoms with Crippen LogP contribution in [0.3, 0.4) is 0 Å². The minimum Gasteiger partial charge on any atom is -0.444 e. The first-order chi connectivity index (χ1) is 7.80. The molecule has 0 saturated heterocycles. The number of amides is 1. The van der Waals surface area contributed by atoms with E-state index in [1.165, 1.54) is 5.56 Å². The fourth-order valence-corrected chi connectivity index (χ4v) is 2.22. The number of nitrogens with two attached hydrogens (primary N) is 1. The highest BCUT2D eigenvalue weighted by Gasteiger charge is 2.25. The zero-order valence-corrected chi connectivity index (χ0v) is 12.0. The molecule has 0 aliphatic heterocycles. The Labute approximate surface area is 110 Å². The number of primary amides is 1. The summed E-state index contributed by atoms with van der Waals surface area (Å²) < 4.78 is 6.14. The molecule has 0 bridgehead atoms. The SMILES string of the molecule is CC(CC(C)(C)OC(N)=O)c1ccc(Br)cc1. The minimum atomic E-state index is -0.724. The second-order valence-corrected chi connectivity index (χ2v) is 5.75. The molecule has 1 rings (SSSR count). The smallest absolute Gasteiger partial charge is 0.405 e. The van der Waals surface area contributed by atoms with E-state index in [1.807, 2.05) is 26.0 Å². The Hall–Kier alpha value is -1.03. The van der Waals surface area contributed by atoms with E-state index in [1.54, 1.807) is 0 Å². The van der Waals surface area contributed by atoms with Gasteiger partial charge in [-0.15, -0.1) is 0 Å². The van der Waals surface area contributed by atoms with Crippen molar-refractivity contribution < 1.29 is 9.53 Å². The molecular formula is C13H18BrNO2. The minimum absolute atomic E-state index is 0.303. The molecule has 0 heterocycles. The lowest BCUT2D eigenvalue weighted by molar-refractivity contribution is 0.0349. The summed E-state index contributed by atoms with van der Waals surface area (Å²) in [6, 6.07) is 8.14. The van der Waals surface area contributed by atoms with E-state index in [0.29, 0.717) is 5.92 Å². The van der Waals surface area contributed by atoms with Gasteiger partial charge in [0, 0.05) is 4.47 Å². The molecular weight excluding hydrogens is 282 g/mol. The van der Waals surface area contributed by atoms with Crippen LogP contribution in [0.1, 0.15) is 38.7 Å². The molecule has 1 aromatic carbocycles. The number of carbonyl (C=O) groups excluding carboxylic acids is 1. The molecule has 94 valence electrons. The molecule has 0 saturated carbocycles. The third-order valence-electron chi connectivity index (χ3n) is 2.61. The van der Waals surface area contributed by atoms with E-state index >= 15 is 0 Å². The van der Waals surface area contributed by atoms with Gasteiger partial charge in [-0.25, -0.2) is 4.79 Å². The molecule has 0 aliphatic carbocycles. The van der Waals surface area contributed by atoms with Crippen molar-refractivity contribution in [1.29, 1.82) is 0 Å². The van der Waals surface area contributed by atoms with E-state index in [2.05, 4.69) is 35.0 Å². The molecule has 1 aromatic rings. The van der Waals surface area contributed by atoms with Crippen LogP contribution in [0.5, 0.6) is 0 Å². The third kappa shape index (κ3) is 4.77. The van der Waals surface area contributed by atoms with Gasteiger partial charge in [0.2, 0.25) is 0 Å². The Bertz CT molecular complexity index is 387. The highest BCUT2D eigenvalue weighted by Crippen LogP contribution is 2.28. The van der Waals surface area contributed by atoms with Crippen molar-refractivity contribution in [1.82, 2.24) is 0 Å². The summed E-state index contributed by atoms with van der Waals surface area (Å²) in [5.74, 6) is 0.303. The molecule has 0 aliphatic rings. The number of ether oxygens (including phenoxy) is 1. The summed E-state index contributed by atoms with van der Waals surface area (Å²) in [6.45, 7) is 5.84. The summed E-state index contributed by atoms with van der Waals surface area (Å²) >= 11 is 3.40. The molecule has 0 radical (unpaired) electrons. The molecule has 0 aromatic heterocycles. The van der Waals surface area contributed by atoms with Gasteiger partial charge >= 0.3 is 6.09 Å². The van der Waals surface area contributed by atoms with Crippen LogP contribution >= 0.6 is 15.9 Å². The largest absolute Gasteiger partial charge is 0.444 e. The molecule has 1 unspecified atom stereocenters. The summed E-state index contributed by atoms with van der Waals surface area (Å²) in [6.07, 6.45) is 0.00963. The van der Waals surface area contributed by atoms with Gasteiger partial charge in [-0.3, -0.25) is 0 Å². The average Bonchev–Trinajstić information content (AvgIpc) is 2.15. The van der Waals surface area contributed by atoms with Crippen molar-refractivity contribution in [3.63, 3.8) is 0 Å². The second-order valence-electron chi connectivity index (χ2n) is 4.84. The van der Waals surface area contributed by atoms with Crippen LogP contribution in [-0.2, 0) is 4.74 Å². The van der Waals surface area contributed by atoms with Crippen molar-refractivity contribution >= 4 is 22.0 Å². The van der Waals surface area contributed by atoms with Gasteiger partial charge < -0.3 is 10.5 Å². The van der Waals surface area contributed by atoms with Crippen LogP contribution in [0.25, 0.3) is 0 Å². The quantitative estimate of drug-likeness (QED) is 0.919. The van der Waals surface area contributed by atoms with Crippen LogP contribution < -0.4 is 5.73 Å². The van der Waals surface area contributed by atoms with Gasteiger partial charge in [0.05, 0.1) is 0 Å². The number of benzene rings is 1. The number of hydrogen-bond acceptors (Lipinski definition) is 2. The molecule has 0 fully saturated rings. The summed E-state index contributed by atoms with van der Waals surface area (Å²) in [5.41, 5.74) is 5.72. The average molecular weight is 300 g/mol. The van der Waals surface area contributed by atoms with Crippen molar-refractivity contribution in [2.24, 2.45) is 5.73 Å². The van der Waals surface area contributed by atoms with Crippen LogP contribution in [0.4, 0.5) is 4.79 Å². The third-order valence-corrected chi connectivity index (χ3v) is 3.14. The van der Waals surface area contributed by atoms with Crippen molar-refractivity contribution in [2.75, 3.05) is 0 Å². The summed E-state index contributed by atoms with van der Waals surface area (Å²) in [5, 5.41) is 0. The molecule has 1 amide bonds. The predicted octanol–water partition coefficient (Wildman–Crippen LogP) is 3.82. The Kier molecular flexibility index (Phi) is 4.57. The zero-order chi connectivity index (χ0) is 13.1. The monoisotopic (exact) mass is 299 g/mol.